The Balaban J connectivity index is 1.75. The zero-order valence-electron chi connectivity index (χ0n) is 15.1. The van der Waals surface area contributed by atoms with E-state index in [1.54, 1.807) is 11.8 Å². The number of ketones is 1. The molecular formula is C21H21Br2NO2S. The molecule has 3 nitrogen and oxygen atoms in total. The molecule has 0 N–H and O–H groups in total. The van der Waals surface area contributed by atoms with Gasteiger partial charge in [0.25, 0.3) is 0 Å². The molecule has 27 heavy (non-hydrogen) atoms. The second-order valence-electron chi connectivity index (χ2n) is 7.18. The van der Waals surface area contributed by atoms with Crippen molar-refractivity contribution in [1.82, 2.24) is 4.90 Å². The Kier molecular flexibility index (Phi) is 5.70. The molecule has 0 saturated carbocycles. The molecule has 2 aliphatic rings. The molecule has 0 spiro atoms. The quantitative estimate of drug-likeness (QED) is 0.526. The summed E-state index contributed by atoms with van der Waals surface area (Å²) in [6.45, 7) is 5.21. The van der Waals surface area contributed by atoms with Gasteiger partial charge in [-0.15, -0.1) is 11.8 Å². The number of ether oxygens (including phenoxy) is 1. The number of carbonyl (C=O) groups is 1. The van der Waals surface area contributed by atoms with Crippen LogP contribution in [0, 0.1) is 6.92 Å². The molecule has 0 bridgehead atoms. The third-order valence-corrected chi connectivity index (χ3v) is 8.35. The molecule has 0 unspecified atom stereocenters. The van der Waals surface area contributed by atoms with Gasteiger partial charge in [0.05, 0.1) is 10.0 Å². The second-order valence-corrected chi connectivity index (χ2v) is 10.3. The highest BCUT2D eigenvalue weighted by atomic mass is 79.9. The molecule has 0 aromatic heterocycles. The summed E-state index contributed by atoms with van der Waals surface area (Å²) in [5, 5.41) is 0. The standard InChI is InChI=1S/C21H21Br2NO2S/c1-14-17(22)11-16-19(18(14)23)26-13-21(20(16)25,12-24-9-5-6-10-24)27-15-7-3-2-4-8-15/h2-4,7-8,11H,5-6,9-10,12-13H2,1H3/t21-/m1/s1. The third kappa shape index (κ3) is 3.74. The van der Waals surface area contributed by atoms with Gasteiger partial charge in [0.2, 0.25) is 0 Å². The Bertz CT molecular complexity index is 868. The van der Waals surface area contributed by atoms with Gasteiger partial charge in [-0.3, -0.25) is 4.79 Å². The minimum Gasteiger partial charge on any atom is -0.490 e. The van der Waals surface area contributed by atoms with Crippen molar-refractivity contribution in [3.63, 3.8) is 0 Å². The van der Waals surface area contributed by atoms with E-state index >= 15 is 0 Å². The van der Waals surface area contributed by atoms with E-state index in [0.717, 1.165) is 32.5 Å². The lowest BCUT2D eigenvalue weighted by Crippen LogP contribution is -2.52. The average Bonchev–Trinajstić information content (AvgIpc) is 3.17. The van der Waals surface area contributed by atoms with Crippen LogP contribution < -0.4 is 4.74 Å². The first-order chi connectivity index (χ1) is 13.0. The van der Waals surface area contributed by atoms with E-state index in [0.29, 0.717) is 24.5 Å². The zero-order valence-corrected chi connectivity index (χ0v) is 19.1. The largest absolute Gasteiger partial charge is 0.490 e. The van der Waals surface area contributed by atoms with Gasteiger partial charge in [-0.1, -0.05) is 34.1 Å². The molecule has 2 aliphatic heterocycles. The predicted molar refractivity (Wildman–Crippen MR) is 117 cm³/mol. The maximum absolute atomic E-state index is 13.8. The number of halogens is 2. The maximum Gasteiger partial charge on any atom is 0.187 e. The van der Waals surface area contributed by atoms with E-state index in [4.69, 9.17) is 4.74 Å². The van der Waals surface area contributed by atoms with E-state index < -0.39 is 4.75 Å². The van der Waals surface area contributed by atoms with Crippen molar-refractivity contribution < 1.29 is 9.53 Å². The highest BCUT2D eigenvalue weighted by molar-refractivity contribution is 9.11. The number of hydrogen-bond acceptors (Lipinski definition) is 4. The minimum atomic E-state index is -0.632. The van der Waals surface area contributed by atoms with E-state index in [9.17, 15) is 4.79 Å². The lowest BCUT2D eigenvalue weighted by molar-refractivity contribution is 0.0831. The molecular weight excluding hydrogens is 490 g/mol. The van der Waals surface area contributed by atoms with E-state index in [1.807, 2.05) is 31.2 Å². The molecule has 0 amide bonds. The van der Waals surface area contributed by atoms with Crippen LogP contribution in [0.1, 0.15) is 28.8 Å². The smallest absolute Gasteiger partial charge is 0.187 e. The van der Waals surface area contributed by atoms with Crippen LogP contribution in [0.2, 0.25) is 0 Å². The molecule has 0 radical (unpaired) electrons. The minimum absolute atomic E-state index is 0.158. The van der Waals surface area contributed by atoms with Gasteiger partial charge in [0.1, 0.15) is 17.1 Å². The molecule has 1 atom stereocenters. The Morgan fingerprint density at radius 2 is 1.89 bits per heavy atom. The normalized spacial score (nSPS) is 22.6. The monoisotopic (exact) mass is 509 g/mol. The van der Waals surface area contributed by atoms with Crippen LogP contribution in [0.4, 0.5) is 0 Å². The highest BCUT2D eigenvalue weighted by Gasteiger charge is 2.47. The van der Waals surface area contributed by atoms with Crippen molar-refractivity contribution in [2.75, 3.05) is 26.2 Å². The zero-order chi connectivity index (χ0) is 19.0. The fourth-order valence-electron chi connectivity index (χ4n) is 3.74. The summed E-state index contributed by atoms with van der Waals surface area (Å²) in [6, 6.07) is 12.1. The molecule has 1 saturated heterocycles. The SMILES string of the molecule is Cc1c(Br)cc2c(c1Br)OC[C@@](CN1CCCC1)(Sc1ccccc1)C2=O. The summed E-state index contributed by atoms with van der Waals surface area (Å²) >= 11 is 8.84. The number of nitrogens with zero attached hydrogens (tertiary/aromatic N) is 1. The van der Waals surface area contributed by atoms with Crippen molar-refractivity contribution in [2.45, 2.75) is 29.4 Å². The Labute approximate surface area is 181 Å². The van der Waals surface area contributed by atoms with Gasteiger partial charge < -0.3 is 9.64 Å². The summed E-state index contributed by atoms with van der Waals surface area (Å²) < 4.78 is 7.37. The average molecular weight is 511 g/mol. The number of thioether (sulfide) groups is 1. The first-order valence-corrected chi connectivity index (χ1v) is 11.5. The molecule has 2 aromatic rings. The molecule has 4 rings (SSSR count). The number of carbonyl (C=O) groups excluding carboxylic acids is 1. The van der Waals surface area contributed by atoms with Crippen molar-refractivity contribution in [3.8, 4) is 5.75 Å². The molecule has 1 fully saturated rings. The fourth-order valence-corrected chi connectivity index (χ4v) is 6.29. The van der Waals surface area contributed by atoms with Crippen LogP contribution in [0.25, 0.3) is 0 Å². The van der Waals surface area contributed by atoms with Crippen LogP contribution in [0.5, 0.6) is 5.75 Å². The summed E-state index contributed by atoms with van der Waals surface area (Å²) in [6.07, 6.45) is 2.40. The van der Waals surface area contributed by atoms with Gasteiger partial charge in [-0.25, -0.2) is 0 Å². The van der Waals surface area contributed by atoms with Crippen molar-refractivity contribution in [3.05, 3.63) is 56.5 Å². The summed E-state index contributed by atoms with van der Waals surface area (Å²) in [7, 11) is 0. The lowest BCUT2D eigenvalue weighted by Gasteiger charge is -2.39. The molecule has 2 heterocycles. The van der Waals surface area contributed by atoms with Gasteiger partial charge in [-0.05, 0) is 72.5 Å². The van der Waals surface area contributed by atoms with Gasteiger partial charge in [0, 0.05) is 15.9 Å². The van der Waals surface area contributed by atoms with Crippen molar-refractivity contribution in [1.29, 1.82) is 0 Å². The Hall–Kier alpha value is -0.820. The third-order valence-electron chi connectivity index (χ3n) is 5.24. The van der Waals surface area contributed by atoms with Crippen LogP contribution in [0.3, 0.4) is 0 Å². The predicted octanol–water partition coefficient (Wildman–Crippen LogP) is 5.72. The molecule has 142 valence electrons. The number of fused-ring (bicyclic) bond motifs is 1. The first kappa shape index (κ1) is 19.5. The number of rotatable bonds is 4. The van der Waals surface area contributed by atoms with Crippen LogP contribution in [-0.2, 0) is 0 Å². The van der Waals surface area contributed by atoms with Crippen molar-refractivity contribution >= 4 is 49.4 Å². The van der Waals surface area contributed by atoms with Crippen molar-refractivity contribution in [2.24, 2.45) is 0 Å². The van der Waals surface area contributed by atoms with Gasteiger partial charge in [-0.2, -0.15) is 0 Å². The summed E-state index contributed by atoms with van der Waals surface area (Å²) in [5.74, 6) is 0.831. The van der Waals surface area contributed by atoms with Crippen LogP contribution in [-0.4, -0.2) is 41.7 Å². The number of Topliss-reactive ketones (excluding diaryl/α,β-unsaturated/α-hetero) is 1. The van der Waals surface area contributed by atoms with E-state index in [2.05, 4.69) is 48.9 Å². The molecule has 0 aliphatic carbocycles. The Morgan fingerprint density at radius 1 is 1.19 bits per heavy atom. The first-order valence-electron chi connectivity index (χ1n) is 9.13. The number of benzene rings is 2. The highest BCUT2D eigenvalue weighted by Crippen LogP contribution is 2.46. The van der Waals surface area contributed by atoms with Crippen LogP contribution >= 0.6 is 43.6 Å². The van der Waals surface area contributed by atoms with Gasteiger partial charge >= 0.3 is 0 Å². The fraction of sp³-hybridized carbons (Fsp3) is 0.381. The molecule has 2 aromatic carbocycles. The topological polar surface area (TPSA) is 29.5 Å². The summed E-state index contributed by atoms with van der Waals surface area (Å²) in [5.41, 5.74) is 1.71. The van der Waals surface area contributed by atoms with E-state index in [-0.39, 0.29) is 5.78 Å². The number of hydrogen-bond donors (Lipinski definition) is 0. The lowest BCUT2D eigenvalue weighted by atomic mass is 9.92. The maximum atomic E-state index is 13.8. The second kappa shape index (κ2) is 7.90. The van der Waals surface area contributed by atoms with E-state index in [1.165, 1.54) is 12.8 Å². The summed E-state index contributed by atoms with van der Waals surface area (Å²) in [4.78, 5) is 17.3. The Morgan fingerprint density at radius 3 is 2.59 bits per heavy atom. The van der Waals surface area contributed by atoms with Crippen LogP contribution in [0.15, 0.2) is 50.2 Å². The van der Waals surface area contributed by atoms with Gasteiger partial charge in [0.15, 0.2) is 5.78 Å². The molecule has 6 heteroatoms. The number of likely N-dealkylation sites (tertiary alicyclic amines) is 1.